The molecule has 0 aliphatic carbocycles. The molecule has 0 radical (unpaired) electrons. The lowest BCUT2D eigenvalue weighted by Gasteiger charge is -2.04. The summed E-state index contributed by atoms with van der Waals surface area (Å²) in [6.45, 7) is 2.93. The third kappa shape index (κ3) is 3.35. The number of rotatable bonds is 8. The summed E-state index contributed by atoms with van der Waals surface area (Å²) < 4.78 is 1.72. The van der Waals surface area contributed by atoms with Gasteiger partial charge in [0.1, 0.15) is 11.0 Å². The lowest BCUT2D eigenvalue weighted by molar-refractivity contribution is 0.0698. The summed E-state index contributed by atoms with van der Waals surface area (Å²) in [4.78, 5) is 11.2. The molecule has 0 saturated heterocycles. The maximum Gasteiger partial charge on any atom is 0.337 e. The van der Waals surface area contributed by atoms with Gasteiger partial charge in [0.2, 0.25) is 0 Å². The van der Waals surface area contributed by atoms with Crippen LogP contribution in [0.2, 0.25) is 0 Å². The Labute approximate surface area is 118 Å². The zero-order chi connectivity index (χ0) is 14.4. The van der Waals surface area contributed by atoms with Crippen LogP contribution in [0.25, 0.3) is 11.0 Å². The number of aryl methyl sites for hydroxylation is 1. The van der Waals surface area contributed by atoms with Gasteiger partial charge in [0.05, 0.1) is 5.56 Å². The fourth-order valence-electron chi connectivity index (χ4n) is 2.40. The smallest absolute Gasteiger partial charge is 0.337 e. The van der Waals surface area contributed by atoms with Gasteiger partial charge in [-0.3, -0.25) is 0 Å². The first kappa shape index (κ1) is 14.5. The van der Waals surface area contributed by atoms with Gasteiger partial charge in [-0.2, -0.15) is 0 Å². The highest BCUT2D eigenvalue weighted by Crippen LogP contribution is 2.17. The van der Waals surface area contributed by atoms with E-state index >= 15 is 0 Å². The Morgan fingerprint density at radius 1 is 1.20 bits per heavy atom. The van der Waals surface area contributed by atoms with E-state index in [-0.39, 0.29) is 5.56 Å². The topological polar surface area (TPSA) is 68.0 Å². The van der Waals surface area contributed by atoms with Gasteiger partial charge in [-0.25, -0.2) is 9.48 Å². The number of unbranched alkanes of at least 4 members (excludes halogenated alkanes) is 5. The Kier molecular flexibility index (Phi) is 5.09. The van der Waals surface area contributed by atoms with Crippen molar-refractivity contribution < 1.29 is 9.90 Å². The quantitative estimate of drug-likeness (QED) is 0.749. The van der Waals surface area contributed by atoms with E-state index in [1.807, 2.05) is 0 Å². The molecular formula is C15H21N3O2. The highest BCUT2D eigenvalue weighted by Gasteiger charge is 2.13. The van der Waals surface area contributed by atoms with E-state index < -0.39 is 5.97 Å². The van der Waals surface area contributed by atoms with Crippen LogP contribution in [-0.2, 0) is 6.54 Å². The number of carboxylic acids is 1. The normalized spacial score (nSPS) is 11.1. The fourth-order valence-corrected chi connectivity index (χ4v) is 2.40. The van der Waals surface area contributed by atoms with Crippen molar-refractivity contribution >= 4 is 17.0 Å². The van der Waals surface area contributed by atoms with Gasteiger partial charge in [-0.05, 0) is 18.6 Å². The van der Waals surface area contributed by atoms with E-state index in [4.69, 9.17) is 0 Å². The average Bonchev–Trinajstić information content (AvgIpc) is 2.86. The molecule has 1 aromatic heterocycles. The van der Waals surface area contributed by atoms with E-state index in [1.165, 1.54) is 25.7 Å². The van der Waals surface area contributed by atoms with Crippen LogP contribution in [0, 0.1) is 0 Å². The number of carboxylic acid groups (broad SMARTS) is 1. The van der Waals surface area contributed by atoms with E-state index in [1.54, 1.807) is 22.9 Å². The number of aromatic nitrogens is 3. The average molecular weight is 275 g/mol. The summed E-state index contributed by atoms with van der Waals surface area (Å²) in [5.74, 6) is -0.929. The first-order chi connectivity index (χ1) is 9.74. The summed E-state index contributed by atoms with van der Waals surface area (Å²) in [5.41, 5.74) is 1.56. The van der Waals surface area contributed by atoms with Crippen molar-refractivity contribution in [2.45, 2.75) is 52.0 Å². The lowest BCUT2D eigenvalue weighted by atomic mass is 10.1. The second-order valence-electron chi connectivity index (χ2n) is 5.06. The Bertz CT molecular complexity index is 578. The molecule has 108 valence electrons. The third-order valence-electron chi connectivity index (χ3n) is 3.49. The Morgan fingerprint density at radius 2 is 1.95 bits per heavy atom. The first-order valence-electron chi connectivity index (χ1n) is 7.29. The molecule has 0 amide bonds. The molecule has 20 heavy (non-hydrogen) atoms. The number of benzene rings is 1. The molecular weight excluding hydrogens is 254 g/mol. The van der Waals surface area contributed by atoms with Crippen LogP contribution in [0.4, 0.5) is 0 Å². The van der Waals surface area contributed by atoms with Crippen LogP contribution in [0.15, 0.2) is 18.2 Å². The largest absolute Gasteiger partial charge is 0.478 e. The molecule has 1 N–H and O–H groups in total. The molecule has 0 aliphatic rings. The molecule has 0 spiro atoms. The van der Waals surface area contributed by atoms with Gasteiger partial charge in [-0.15, -0.1) is 5.10 Å². The molecule has 0 fully saturated rings. The molecule has 0 saturated carbocycles. The van der Waals surface area contributed by atoms with Crippen LogP contribution < -0.4 is 0 Å². The molecule has 1 aromatic carbocycles. The Balaban J connectivity index is 2.01. The van der Waals surface area contributed by atoms with E-state index in [0.717, 1.165) is 19.4 Å². The molecule has 2 rings (SSSR count). The SMILES string of the molecule is CCCCCCCCn1nnc2cccc(C(=O)O)c21. The number of carbonyl (C=O) groups is 1. The summed E-state index contributed by atoms with van der Waals surface area (Å²) >= 11 is 0. The number of nitrogens with zero attached hydrogens (tertiary/aromatic N) is 3. The minimum Gasteiger partial charge on any atom is -0.478 e. The lowest BCUT2D eigenvalue weighted by Crippen LogP contribution is -2.05. The minimum absolute atomic E-state index is 0.276. The van der Waals surface area contributed by atoms with Crippen LogP contribution in [-0.4, -0.2) is 26.1 Å². The van der Waals surface area contributed by atoms with E-state index in [2.05, 4.69) is 17.2 Å². The number of aromatic carboxylic acids is 1. The number of hydrogen-bond acceptors (Lipinski definition) is 3. The third-order valence-corrected chi connectivity index (χ3v) is 3.49. The number of hydrogen-bond donors (Lipinski definition) is 1. The molecule has 2 aromatic rings. The van der Waals surface area contributed by atoms with Gasteiger partial charge in [0.25, 0.3) is 0 Å². The van der Waals surface area contributed by atoms with E-state index in [9.17, 15) is 9.90 Å². The minimum atomic E-state index is -0.929. The van der Waals surface area contributed by atoms with Crippen molar-refractivity contribution in [3.63, 3.8) is 0 Å². The van der Waals surface area contributed by atoms with Gasteiger partial charge in [0.15, 0.2) is 0 Å². The molecule has 1 heterocycles. The molecule has 5 heteroatoms. The van der Waals surface area contributed by atoms with E-state index in [0.29, 0.717) is 11.0 Å². The standard InChI is InChI=1S/C15H21N3O2/c1-2-3-4-5-6-7-11-18-14-12(15(19)20)9-8-10-13(14)16-17-18/h8-10H,2-7,11H2,1H3,(H,19,20). The van der Waals surface area contributed by atoms with Crippen molar-refractivity contribution in [1.82, 2.24) is 15.0 Å². The second-order valence-corrected chi connectivity index (χ2v) is 5.06. The Morgan fingerprint density at radius 3 is 2.70 bits per heavy atom. The van der Waals surface area contributed by atoms with Crippen LogP contribution >= 0.6 is 0 Å². The maximum atomic E-state index is 11.2. The van der Waals surface area contributed by atoms with Gasteiger partial charge in [0, 0.05) is 6.54 Å². The molecule has 0 atom stereocenters. The molecule has 0 bridgehead atoms. The predicted octanol–water partition coefficient (Wildman–Crippen LogP) is 3.49. The van der Waals surface area contributed by atoms with Gasteiger partial charge >= 0.3 is 5.97 Å². The molecule has 0 aliphatic heterocycles. The Hall–Kier alpha value is -1.91. The highest BCUT2D eigenvalue weighted by molar-refractivity contribution is 6.00. The van der Waals surface area contributed by atoms with Gasteiger partial charge < -0.3 is 5.11 Å². The summed E-state index contributed by atoms with van der Waals surface area (Å²) in [6, 6.07) is 5.11. The highest BCUT2D eigenvalue weighted by atomic mass is 16.4. The first-order valence-corrected chi connectivity index (χ1v) is 7.29. The van der Waals surface area contributed by atoms with Gasteiger partial charge in [-0.1, -0.05) is 50.3 Å². The summed E-state index contributed by atoms with van der Waals surface area (Å²) in [6.07, 6.45) is 7.19. The van der Waals surface area contributed by atoms with Crippen LogP contribution in [0.1, 0.15) is 55.8 Å². The zero-order valence-electron chi connectivity index (χ0n) is 11.9. The molecule has 0 unspecified atom stereocenters. The van der Waals surface area contributed by atoms with Crippen LogP contribution in [0.3, 0.4) is 0 Å². The monoisotopic (exact) mass is 275 g/mol. The molecule has 5 nitrogen and oxygen atoms in total. The van der Waals surface area contributed by atoms with Crippen molar-refractivity contribution in [1.29, 1.82) is 0 Å². The van der Waals surface area contributed by atoms with Crippen LogP contribution in [0.5, 0.6) is 0 Å². The number of para-hydroxylation sites is 1. The maximum absolute atomic E-state index is 11.2. The van der Waals surface area contributed by atoms with Crippen molar-refractivity contribution in [2.75, 3.05) is 0 Å². The number of fused-ring (bicyclic) bond motifs is 1. The summed E-state index contributed by atoms with van der Waals surface area (Å²) in [7, 11) is 0. The fraction of sp³-hybridized carbons (Fsp3) is 0.533. The predicted molar refractivity (Wildman–Crippen MR) is 77.9 cm³/mol. The van der Waals surface area contributed by atoms with Crippen molar-refractivity contribution in [2.24, 2.45) is 0 Å². The van der Waals surface area contributed by atoms with Crippen molar-refractivity contribution in [3.05, 3.63) is 23.8 Å². The second kappa shape index (κ2) is 7.03. The van der Waals surface area contributed by atoms with Crippen molar-refractivity contribution in [3.8, 4) is 0 Å². The zero-order valence-corrected chi connectivity index (χ0v) is 11.9. The summed E-state index contributed by atoms with van der Waals surface area (Å²) in [5, 5.41) is 17.3.